The maximum Gasteiger partial charge on any atom is 0.0722 e. The third-order valence-corrected chi connectivity index (χ3v) is 11.6. The van der Waals surface area contributed by atoms with Crippen molar-refractivity contribution in [3.8, 4) is 55.9 Å². The van der Waals surface area contributed by atoms with Crippen LogP contribution < -0.4 is 0 Å². The van der Waals surface area contributed by atoms with E-state index in [1.54, 1.807) is 0 Å². The van der Waals surface area contributed by atoms with Crippen LogP contribution in [-0.2, 0) is 10.8 Å². The predicted octanol–water partition coefficient (Wildman–Crippen LogP) is 12.8. The molecule has 246 valence electrons. The van der Waals surface area contributed by atoms with Crippen molar-refractivity contribution in [1.29, 1.82) is 0 Å². The summed E-state index contributed by atoms with van der Waals surface area (Å²) < 4.78 is 0. The van der Waals surface area contributed by atoms with E-state index in [2.05, 4.69) is 202 Å². The highest BCUT2D eigenvalue weighted by molar-refractivity contribution is 5.96. The number of rotatable bonds is 4. The fraction of sp³-hybridized carbons (Fsp3) is 0.0784. The molecule has 1 nitrogen and oxygen atoms in total. The van der Waals surface area contributed by atoms with Gasteiger partial charge in [-0.05, 0) is 85.0 Å². The summed E-state index contributed by atoms with van der Waals surface area (Å²) in [5, 5.41) is 0. The van der Waals surface area contributed by atoms with Gasteiger partial charge in [0.2, 0.25) is 0 Å². The second-order valence-electron chi connectivity index (χ2n) is 14.7. The first-order valence-corrected chi connectivity index (χ1v) is 18.2. The Morgan fingerprint density at radius 2 is 0.788 bits per heavy atom. The summed E-state index contributed by atoms with van der Waals surface area (Å²) in [7, 11) is 0. The van der Waals surface area contributed by atoms with Crippen molar-refractivity contribution in [2.24, 2.45) is 0 Å². The standard InChI is InChI=1S/C51H37N/c1-50(2)42-26-11-13-28-44(42)51(45-29-14-12-27-43(45)50)41-25-10-9-23-39(41)49-40(24-16-30-46(49)51)48-33-38(35-19-7-4-8-20-35)32-47(52-48)37-22-15-21-36(31-37)34-17-5-3-6-18-34/h3-33H,1-2H3. The SMILES string of the molecule is CC1(C)c2ccccc2C2(c3ccccc3-c3c(-c4cc(-c5ccccc5)cc(-c5cccc(-c6ccccc6)c5)n4)cccc32)c2ccccc21. The van der Waals surface area contributed by atoms with Crippen LogP contribution in [0.15, 0.2) is 188 Å². The van der Waals surface area contributed by atoms with Gasteiger partial charge in [0.15, 0.2) is 0 Å². The van der Waals surface area contributed by atoms with E-state index in [9.17, 15) is 0 Å². The van der Waals surface area contributed by atoms with E-state index >= 15 is 0 Å². The molecule has 0 N–H and O–H groups in total. The van der Waals surface area contributed by atoms with Crippen molar-refractivity contribution in [1.82, 2.24) is 4.98 Å². The van der Waals surface area contributed by atoms with Crippen molar-refractivity contribution < 1.29 is 0 Å². The fourth-order valence-electron chi connectivity index (χ4n) is 9.22. The summed E-state index contributed by atoms with van der Waals surface area (Å²) in [5.74, 6) is 0. The van der Waals surface area contributed by atoms with E-state index < -0.39 is 5.41 Å². The van der Waals surface area contributed by atoms with Crippen molar-refractivity contribution in [3.05, 3.63) is 221 Å². The van der Waals surface area contributed by atoms with Gasteiger partial charge in [0.05, 0.1) is 16.8 Å². The Bertz CT molecular complexity index is 2600. The third-order valence-electron chi connectivity index (χ3n) is 11.6. The molecule has 1 heterocycles. The molecule has 0 atom stereocenters. The first-order chi connectivity index (χ1) is 25.5. The Labute approximate surface area is 305 Å². The maximum absolute atomic E-state index is 5.53. The van der Waals surface area contributed by atoms with Gasteiger partial charge in [-0.2, -0.15) is 0 Å². The Balaban J connectivity index is 1.26. The summed E-state index contributed by atoms with van der Waals surface area (Å²) in [5.41, 5.74) is 19.0. The summed E-state index contributed by atoms with van der Waals surface area (Å²) in [6.07, 6.45) is 0. The lowest BCUT2D eigenvalue weighted by Gasteiger charge is -2.46. The van der Waals surface area contributed by atoms with Crippen LogP contribution in [0.2, 0.25) is 0 Å². The molecule has 52 heavy (non-hydrogen) atoms. The van der Waals surface area contributed by atoms with Crippen LogP contribution in [0.1, 0.15) is 47.2 Å². The lowest BCUT2D eigenvalue weighted by molar-refractivity contribution is 0.563. The summed E-state index contributed by atoms with van der Waals surface area (Å²) in [6, 6.07) is 68.9. The molecule has 0 radical (unpaired) electrons. The number of aromatic nitrogens is 1. The van der Waals surface area contributed by atoms with Gasteiger partial charge in [0, 0.05) is 16.5 Å². The Hall–Kier alpha value is -6.31. The first kappa shape index (κ1) is 30.5. The van der Waals surface area contributed by atoms with Gasteiger partial charge in [0.25, 0.3) is 0 Å². The minimum atomic E-state index is -0.450. The third kappa shape index (κ3) is 4.39. The van der Waals surface area contributed by atoms with Gasteiger partial charge in [-0.1, -0.05) is 184 Å². The minimum Gasteiger partial charge on any atom is -0.248 e. The summed E-state index contributed by atoms with van der Waals surface area (Å²) in [4.78, 5) is 5.53. The Morgan fingerprint density at radius 1 is 0.327 bits per heavy atom. The van der Waals surface area contributed by atoms with Crippen molar-refractivity contribution in [2.45, 2.75) is 24.7 Å². The van der Waals surface area contributed by atoms with Crippen LogP contribution in [0.4, 0.5) is 0 Å². The highest BCUT2D eigenvalue weighted by Gasteiger charge is 2.53. The molecule has 7 aromatic carbocycles. The van der Waals surface area contributed by atoms with E-state index in [4.69, 9.17) is 4.98 Å². The molecule has 0 saturated carbocycles. The maximum atomic E-state index is 5.53. The Morgan fingerprint density at radius 3 is 1.46 bits per heavy atom. The van der Waals surface area contributed by atoms with Crippen LogP contribution in [0.3, 0.4) is 0 Å². The lowest BCUT2D eigenvalue weighted by Crippen LogP contribution is -2.40. The molecule has 1 aromatic heterocycles. The van der Waals surface area contributed by atoms with Crippen LogP contribution in [0.25, 0.3) is 55.9 Å². The number of hydrogen-bond donors (Lipinski definition) is 0. The molecule has 0 unspecified atom stereocenters. The van der Waals surface area contributed by atoms with Gasteiger partial charge in [0.1, 0.15) is 0 Å². The molecular weight excluding hydrogens is 627 g/mol. The van der Waals surface area contributed by atoms with Crippen LogP contribution in [-0.4, -0.2) is 4.98 Å². The molecular formula is C51H37N. The zero-order chi connectivity index (χ0) is 34.9. The lowest BCUT2D eigenvalue weighted by atomic mass is 9.55. The van der Waals surface area contributed by atoms with Crippen molar-refractivity contribution in [2.75, 3.05) is 0 Å². The quantitative estimate of drug-likeness (QED) is 0.183. The smallest absolute Gasteiger partial charge is 0.0722 e. The van der Waals surface area contributed by atoms with E-state index in [0.29, 0.717) is 0 Å². The fourth-order valence-corrected chi connectivity index (χ4v) is 9.22. The molecule has 1 heteroatoms. The minimum absolute atomic E-state index is 0.136. The average Bonchev–Trinajstić information content (AvgIpc) is 3.52. The van der Waals surface area contributed by atoms with E-state index in [0.717, 1.165) is 28.1 Å². The summed E-state index contributed by atoms with van der Waals surface area (Å²) >= 11 is 0. The van der Waals surface area contributed by atoms with E-state index in [-0.39, 0.29) is 5.41 Å². The van der Waals surface area contributed by atoms with Crippen LogP contribution >= 0.6 is 0 Å². The highest BCUT2D eigenvalue weighted by atomic mass is 14.7. The van der Waals surface area contributed by atoms with Crippen LogP contribution in [0.5, 0.6) is 0 Å². The molecule has 0 fully saturated rings. The van der Waals surface area contributed by atoms with Gasteiger partial charge < -0.3 is 0 Å². The normalized spacial score (nSPS) is 14.3. The number of hydrogen-bond acceptors (Lipinski definition) is 1. The highest BCUT2D eigenvalue weighted by Crippen LogP contribution is 2.63. The van der Waals surface area contributed by atoms with Gasteiger partial charge in [-0.3, -0.25) is 0 Å². The number of benzene rings is 7. The van der Waals surface area contributed by atoms with Gasteiger partial charge in [-0.15, -0.1) is 0 Å². The predicted molar refractivity (Wildman–Crippen MR) is 215 cm³/mol. The second kappa shape index (κ2) is 11.6. The molecule has 8 aromatic rings. The molecule has 0 bridgehead atoms. The topological polar surface area (TPSA) is 12.9 Å². The molecule has 10 rings (SSSR count). The zero-order valence-corrected chi connectivity index (χ0v) is 29.3. The van der Waals surface area contributed by atoms with Gasteiger partial charge in [-0.25, -0.2) is 4.98 Å². The number of fused-ring (bicyclic) bond motifs is 9. The molecule has 0 amide bonds. The average molecular weight is 664 g/mol. The van der Waals surface area contributed by atoms with Crippen LogP contribution in [0, 0.1) is 0 Å². The molecule has 1 spiro atoms. The van der Waals surface area contributed by atoms with E-state index in [1.165, 1.54) is 61.2 Å². The monoisotopic (exact) mass is 663 g/mol. The molecule has 2 aliphatic rings. The number of pyridine rings is 1. The molecule has 0 aliphatic heterocycles. The molecule has 2 aliphatic carbocycles. The van der Waals surface area contributed by atoms with E-state index in [1.807, 2.05) is 0 Å². The largest absolute Gasteiger partial charge is 0.248 e. The second-order valence-corrected chi connectivity index (χ2v) is 14.7. The van der Waals surface area contributed by atoms with Crippen molar-refractivity contribution >= 4 is 0 Å². The van der Waals surface area contributed by atoms with Crippen molar-refractivity contribution in [3.63, 3.8) is 0 Å². The Kier molecular flexibility index (Phi) is 6.82. The number of nitrogens with zero attached hydrogens (tertiary/aromatic N) is 1. The molecule has 0 saturated heterocycles. The zero-order valence-electron chi connectivity index (χ0n) is 29.3. The van der Waals surface area contributed by atoms with Gasteiger partial charge >= 0.3 is 0 Å². The first-order valence-electron chi connectivity index (χ1n) is 18.2. The summed E-state index contributed by atoms with van der Waals surface area (Å²) in [6.45, 7) is 4.76.